The Morgan fingerprint density at radius 3 is 2.10 bits per heavy atom. The summed E-state index contributed by atoms with van der Waals surface area (Å²) in [5.41, 5.74) is 1.13. The maximum atomic E-state index is 5.67. The van der Waals surface area contributed by atoms with Crippen LogP contribution in [0.4, 0.5) is 0 Å². The predicted molar refractivity (Wildman–Crippen MR) is 89.5 cm³/mol. The van der Waals surface area contributed by atoms with Gasteiger partial charge in [-0.1, -0.05) is 58.4 Å². The lowest BCUT2D eigenvalue weighted by Gasteiger charge is -2.07. The van der Waals surface area contributed by atoms with Gasteiger partial charge in [-0.15, -0.1) is 0 Å². The summed E-state index contributed by atoms with van der Waals surface area (Å²) < 4.78 is 5.67. The second kappa shape index (κ2) is 10.6. The zero-order chi connectivity index (χ0) is 15.4. The van der Waals surface area contributed by atoms with E-state index in [1.54, 1.807) is 24.4 Å². The summed E-state index contributed by atoms with van der Waals surface area (Å²) in [6, 6.07) is 0. The molecule has 0 heterocycles. The minimum Gasteiger partial charge on any atom is -0.456 e. The van der Waals surface area contributed by atoms with E-state index in [4.69, 9.17) is 4.74 Å². The van der Waals surface area contributed by atoms with Crippen molar-refractivity contribution < 1.29 is 4.74 Å². The highest BCUT2D eigenvalue weighted by Crippen LogP contribution is 2.13. The highest BCUT2D eigenvalue weighted by atomic mass is 16.5. The molecule has 0 radical (unpaired) electrons. The molecule has 0 aliphatic rings. The maximum absolute atomic E-state index is 5.67. The van der Waals surface area contributed by atoms with Crippen LogP contribution in [0.15, 0.2) is 91.1 Å². The van der Waals surface area contributed by atoms with Gasteiger partial charge in [0.2, 0.25) is 0 Å². The van der Waals surface area contributed by atoms with Crippen molar-refractivity contribution in [2.24, 2.45) is 10.9 Å². The molecule has 0 aromatic rings. The third-order valence-electron chi connectivity index (χ3n) is 2.37. The predicted octanol–water partition coefficient (Wildman–Crippen LogP) is 5.13. The first kappa shape index (κ1) is 17.6. The molecule has 0 N–H and O–H groups in total. The second-order valence-electron chi connectivity index (χ2n) is 4.17. The fourth-order valence-electron chi connectivity index (χ4n) is 1.30. The number of hydrogen-bond acceptors (Lipinski definition) is 2. The molecule has 0 saturated carbocycles. The number of allylic oxidation sites excluding steroid dienone is 8. The van der Waals surface area contributed by atoms with Gasteiger partial charge in [0.1, 0.15) is 11.5 Å². The summed E-state index contributed by atoms with van der Waals surface area (Å²) >= 11 is 0. The number of ether oxygens (including phenoxy) is 1. The Morgan fingerprint density at radius 2 is 1.65 bits per heavy atom. The molecule has 2 heteroatoms. The molecule has 0 atom stereocenters. The standard InChI is InChI=1S/C18H23NO/c1-7-11-18(14-19-10-4)20-17(9-3)13-12-16(8-2)15(5)6/h7-15H,1-4H2,5-6H3/b16-12+,17-13+,18-11+,19-14-. The van der Waals surface area contributed by atoms with Gasteiger partial charge in [0, 0.05) is 6.20 Å². The van der Waals surface area contributed by atoms with Gasteiger partial charge in [0.15, 0.2) is 0 Å². The number of rotatable bonds is 9. The molecule has 2 nitrogen and oxygen atoms in total. The van der Waals surface area contributed by atoms with Crippen molar-refractivity contribution in [3.63, 3.8) is 0 Å². The van der Waals surface area contributed by atoms with E-state index in [0.717, 1.165) is 5.57 Å². The zero-order valence-electron chi connectivity index (χ0n) is 12.4. The average molecular weight is 269 g/mol. The van der Waals surface area contributed by atoms with Crippen LogP contribution >= 0.6 is 0 Å². The summed E-state index contributed by atoms with van der Waals surface area (Å²) in [6.45, 7) is 18.9. The topological polar surface area (TPSA) is 21.6 Å². The van der Waals surface area contributed by atoms with Crippen molar-refractivity contribution in [2.75, 3.05) is 0 Å². The average Bonchev–Trinajstić information content (AvgIpc) is 2.43. The largest absolute Gasteiger partial charge is 0.456 e. The van der Waals surface area contributed by atoms with Crippen molar-refractivity contribution in [3.8, 4) is 0 Å². The van der Waals surface area contributed by atoms with E-state index in [1.165, 1.54) is 6.20 Å². The van der Waals surface area contributed by atoms with Crippen LogP contribution in [0, 0.1) is 5.92 Å². The Morgan fingerprint density at radius 1 is 0.950 bits per heavy atom. The molecule has 0 aliphatic carbocycles. The minimum atomic E-state index is 0.403. The van der Waals surface area contributed by atoms with Gasteiger partial charge in [0.05, 0.1) is 6.21 Å². The third-order valence-corrected chi connectivity index (χ3v) is 2.37. The van der Waals surface area contributed by atoms with Crippen LogP contribution in [0.1, 0.15) is 13.8 Å². The van der Waals surface area contributed by atoms with Crippen molar-refractivity contribution in [1.82, 2.24) is 0 Å². The van der Waals surface area contributed by atoms with E-state index in [1.807, 2.05) is 18.2 Å². The molecule has 0 aromatic heterocycles. The van der Waals surface area contributed by atoms with E-state index in [-0.39, 0.29) is 0 Å². The number of nitrogens with zero attached hydrogens (tertiary/aromatic N) is 1. The SMILES string of the molecule is C=C/C=C(\C=N/C=C)O/C(C=C)=C/C=C(\C=C)C(C)C. The van der Waals surface area contributed by atoms with Crippen LogP contribution in [-0.4, -0.2) is 6.21 Å². The lowest BCUT2D eigenvalue weighted by atomic mass is 10.0. The molecule has 106 valence electrons. The van der Waals surface area contributed by atoms with Crippen LogP contribution in [0.3, 0.4) is 0 Å². The molecule has 0 fully saturated rings. The molecule has 0 spiro atoms. The third kappa shape index (κ3) is 7.17. The van der Waals surface area contributed by atoms with Gasteiger partial charge >= 0.3 is 0 Å². The van der Waals surface area contributed by atoms with E-state index in [9.17, 15) is 0 Å². The Balaban J connectivity index is 5.17. The van der Waals surface area contributed by atoms with Crippen molar-refractivity contribution in [1.29, 1.82) is 0 Å². The lowest BCUT2D eigenvalue weighted by molar-refractivity contribution is 0.347. The van der Waals surface area contributed by atoms with Crippen LogP contribution in [0.25, 0.3) is 0 Å². The van der Waals surface area contributed by atoms with E-state index >= 15 is 0 Å². The molecule has 20 heavy (non-hydrogen) atoms. The molecule has 0 unspecified atom stereocenters. The maximum Gasteiger partial charge on any atom is 0.145 e. The van der Waals surface area contributed by atoms with Crippen LogP contribution in [0.5, 0.6) is 0 Å². The molecule has 0 rings (SSSR count). The first-order chi connectivity index (χ1) is 9.58. The first-order valence-electron chi connectivity index (χ1n) is 6.40. The van der Waals surface area contributed by atoms with E-state index in [0.29, 0.717) is 17.4 Å². The molecule has 0 aliphatic heterocycles. The molecular formula is C18H23NO. The minimum absolute atomic E-state index is 0.403. The second-order valence-corrected chi connectivity index (χ2v) is 4.17. The summed E-state index contributed by atoms with van der Waals surface area (Å²) in [5, 5.41) is 0. The smallest absolute Gasteiger partial charge is 0.145 e. The van der Waals surface area contributed by atoms with Crippen LogP contribution in [-0.2, 0) is 4.74 Å². The summed E-state index contributed by atoms with van der Waals surface area (Å²) in [5.74, 6) is 1.58. The van der Waals surface area contributed by atoms with Crippen LogP contribution < -0.4 is 0 Å². The highest BCUT2D eigenvalue weighted by Gasteiger charge is 1.99. The Labute approximate surface area is 122 Å². The summed E-state index contributed by atoms with van der Waals surface area (Å²) in [6.07, 6.45) is 13.6. The van der Waals surface area contributed by atoms with Crippen molar-refractivity contribution >= 4 is 6.21 Å². The fourth-order valence-corrected chi connectivity index (χ4v) is 1.30. The fraction of sp³-hybridized carbons (Fsp3) is 0.167. The summed E-state index contributed by atoms with van der Waals surface area (Å²) in [4.78, 5) is 3.92. The molecule has 0 amide bonds. The monoisotopic (exact) mass is 269 g/mol. The van der Waals surface area contributed by atoms with E-state index in [2.05, 4.69) is 45.2 Å². The Hall–Kier alpha value is -2.35. The zero-order valence-corrected chi connectivity index (χ0v) is 12.4. The van der Waals surface area contributed by atoms with Gasteiger partial charge in [-0.3, -0.25) is 4.99 Å². The molecule has 0 bridgehead atoms. The van der Waals surface area contributed by atoms with Gasteiger partial charge in [-0.2, -0.15) is 0 Å². The van der Waals surface area contributed by atoms with Crippen LogP contribution in [0.2, 0.25) is 0 Å². The normalized spacial score (nSPS) is 13.4. The Kier molecular flexibility index (Phi) is 9.32. The van der Waals surface area contributed by atoms with Crippen molar-refractivity contribution in [2.45, 2.75) is 13.8 Å². The Bertz CT molecular complexity index is 474. The molecule has 0 aromatic carbocycles. The van der Waals surface area contributed by atoms with E-state index < -0.39 is 0 Å². The summed E-state index contributed by atoms with van der Waals surface area (Å²) in [7, 11) is 0. The van der Waals surface area contributed by atoms with Gasteiger partial charge < -0.3 is 4.74 Å². The lowest BCUT2D eigenvalue weighted by Crippen LogP contribution is -1.93. The van der Waals surface area contributed by atoms with Gasteiger partial charge in [-0.05, 0) is 29.7 Å². The first-order valence-corrected chi connectivity index (χ1v) is 6.40. The van der Waals surface area contributed by atoms with Crippen molar-refractivity contribution in [3.05, 3.63) is 86.1 Å². The van der Waals surface area contributed by atoms with Gasteiger partial charge in [-0.25, -0.2) is 0 Å². The van der Waals surface area contributed by atoms with Gasteiger partial charge in [0.25, 0.3) is 0 Å². The molecular weight excluding hydrogens is 246 g/mol. The number of hydrogen-bond donors (Lipinski definition) is 0. The quantitative estimate of drug-likeness (QED) is 0.323. The highest BCUT2D eigenvalue weighted by molar-refractivity contribution is 5.77. The number of aliphatic imine (C=N–C) groups is 1. The molecule has 0 saturated heterocycles.